The normalized spacial score (nSPS) is 12.9. The summed E-state index contributed by atoms with van der Waals surface area (Å²) in [4.78, 5) is 12.1. The Morgan fingerprint density at radius 3 is 2.77 bits per heavy atom. The number of methoxy groups -OCH3 is 1. The lowest BCUT2D eigenvalue weighted by Crippen LogP contribution is -2.34. The second-order valence-electron chi connectivity index (χ2n) is 5.95. The highest BCUT2D eigenvalue weighted by Gasteiger charge is 2.21. The summed E-state index contributed by atoms with van der Waals surface area (Å²) in [5.41, 5.74) is -0.170. The van der Waals surface area contributed by atoms with E-state index in [4.69, 9.17) is 13.7 Å². The summed E-state index contributed by atoms with van der Waals surface area (Å²) in [6.45, 7) is 6.31. The van der Waals surface area contributed by atoms with E-state index in [-0.39, 0.29) is 11.5 Å². The average molecular weight is 307 g/mol. The van der Waals surface area contributed by atoms with Gasteiger partial charge in [-0.25, -0.2) is 4.79 Å². The van der Waals surface area contributed by atoms with Gasteiger partial charge in [-0.2, -0.15) is 0 Å². The average Bonchev–Trinajstić information content (AvgIpc) is 3.08. The van der Waals surface area contributed by atoms with Gasteiger partial charge in [0, 0.05) is 18.6 Å². The zero-order valence-electron chi connectivity index (χ0n) is 13.2. The Kier molecular flexibility index (Phi) is 4.87. The molecule has 22 heavy (non-hydrogen) atoms. The van der Waals surface area contributed by atoms with Gasteiger partial charge in [-0.15, -0.1) is 0 Å². The molecule has 7 heteroatoms. The molecular weight excluding hydrogens is 286 g/mol. The highest BCUT2D eigenvalue weighted by Crippen LogP contribution is 2.24. The van der Waals surface area contributed by atoms with Gasteiger partial charge in [0.1, 0.15) is 17.6 Å². The second-order valence-corrected chi connectivity index (χ2v) is 5.95. The van der Waals surface area contributed by atoms with Crippen LogP contribution in [0.5, 0.6) is 0 Å². The molecule has 0 saturated carbocycles. The first-order chi connectivity index (χ1) is 10.4. The number of hydrogen-bond donors (Lipinski definition) is 2. The SMILES string of the molecule is COC[C@H](NC(=O)Nc1cc(C(C)(C)C)on1)c1ccco1. The molecule has 0 aliphatic heterocycles. The fraction of sp³-hybridized carbons (Fsp3) is 0.467. The minimum atomic E-state index is -0.410. The van der Waals surface area contributed by atoms with Gasteiger partial charge in [-0.1, -0.05) is 25.9 Å². The number of nitrogens with zero attached hydrogens (tertiary/aromatic N) is 1. The molecule has 1 atom stereocenters. The molecule has 120 valence electrons. The summed E-state index contributed by atoms with van der Waals surface area (Å²) in [6.07, 6.45) is 1.55. The van der Waals surface area contributed by atoms with Crippen LogP contribution in [0.15, 0.2) is 33.4 Å². The monoisotopic (exact) mass is 307 g/mol. The van der Waals surface area contributed by atoms with Crippen LogP contribution in [0.1, 0.15) is 38.3 Å². The van der Waals surface area contributed by atoms with E-state index in [0.29, 0.717) is 23.9 Å². The predicted octanol–water partition coefficient (Wildman–Crippen LogP) is 3.07. The molecule has 0 spiro atoms. The fourth-order valence-electron chi connectivity index (χ4n) is 1.85. The number of ether oxygens (including phenoxy) is 1. The maximum absolute atomic E-state index is 12.1. The van der Waals surface area contributed by atoms with Gasteiger partial charge in [0.2, 0.25) is 0 Å². The smallest absolute Gasteiger partial charge is 0.321 e. The van der Waals surface area contributed by atoms with Crippen molar-refractivity contribution < 1.29 is 18.5 Å². The van der Waals surface area contributed by atoms with Crippen molar-refractivity contribution in [2.75, 3.05) is 19.0 Å². The lowest BCUT2D eigenvalue weighted by molar-refractivity contribution is 0.159. The Hall–Kier alpha value is -2.28. The zero-order chi connectivity index (χ0) is 16.2. The number of carbonyl (C=O) groups excluding carboxylic acids is 1. The molecule has 0 saturated heterocycles. The topological polar surface area (TPSA) is 89.5 Å². The number of carbonyl (C=O) groups is 1. The fourth-order valence-corrected chi connectivity index (χ4v) is 1.85. The Labute approximate surface area is 129 Å². The minimum Gasteiger partial charge on any atom is -0.467 e. The molecule has 2 N–H and O–H groups in total. The molecule has 2 aromatic rings. The van der Waals surface area contributed by atoms with Gasteiger partial charge in [0.05, 0.1) is 12.9 Å². The van der Waals surface area contributed by atoms with Gasteiger partial charge in [-0.05, 0) is 12.1 Å². The van der Waals surface area contributed by atoms with Crippen molar-refractivity contribution in [1.29, 1.82) is 0 Å². The van der Waals surface area contributed by atoms with Crippen molar-refractivity contribution in [1.82, 2.24) is 10.5 Å². The van der Waals surface area contributed by atoms with Crippen molar-refractivity contribution in [2.24, 2.45) is 0 Å². The molecule has 2 rings (SSSR count). The van der Waals surface area contributed by atoms with E-state index in [1.165, 1.54) is 0 Å². The summed E-state index contributed by atoms with van der Waals surface area (Å²) < 4.78 is 15.6. The zero-order valence-corrected chi connectivity index (χ0v) is 13.2. The van der Waals surface area contributed by atoms with Crippen LogP contribution < -0.4 is 10.6 Å². The molecular formula is C15H21N3O4. The molecule has 0 fully saturated rings. The molecule has 2 heterocycles. The number of hydrogen-bond acceptors (Lipinski definition) is 5. The Bertz CT molecular complexity index is 599. The quantitative estimate of drug-likeness (QED) is 0.886. The number of furan rings is 1. The van der Waals surface area contributed by atoms with Gasteiger partial charge in [-0.3, -0.25) is 5.32 Å². The summed E-state index contributed by atoms with van der Waals surface area (Å²) in [6, 6.07) is 4.45. The maximum atomic E-state index is 12.1. The van der Waals surface area contributed by atoms with E-state index in [0.717, 1.165) is 0 Å². The lowest BCUT2D eigenvalue weighted by atomic mass is 9.93. The predicted molar refractivity (Wildman–Crippen MR) is 80.7 cm³/mol. The third-order valence-corrected chi connectivity index (χ3v) is 3.02. The molecule has 0 aliphatic rings. The number of rotatable bonds is 5. The number of aromatic nitrogens is 1. The standard InChI is InChI=1S/C15H21N3O4/c1-15(2,3)12-8-13(18-22-12)17-14(19)16-10(9-20-4)11-6-5-7-21-11/h5-8,10H,9H2,1-4H3,(H2,16,17,18,19)/t10-/m0/s1. The van der Waals surface area contributed by atoms with Crippen molar-refractivity contribution in [3.05, 3.63) is 36.0 Å². The van der Waals surface area contributed by atoms with Crippen LogP contribution in [0.4, 0.5) is 10.6 Å². The number of amides is 2. The lowest BCUT2D eigenvalue weighted by Gasteiger charge is -2.15. The van der Waals surface area contributed by atoms with Gasteiger partial charge < -0.3 is 19.0 Å². The summed E-state index contributed by atoms with van der Waals surface area (Å²) in [5.74, 6) is 1.67. The third-order valence-electron chi connectivity index (χ3n) is 3.02. The first-order valence-electron chi connectivity index (χ1n) is 6.97. The molecule has 0 unspecified atom stereocenters. The van der Waals surface area contributed by atoms with Crippen LogP contribution >= 0.6 is 0 Å². The van der Waals surface area contributed by atoms with Crippen LogP contribution in [-0.4, -0.2) is 24.9 Å². The minimum absolute atomic E-state index is 0.170. The first-order valence-corrected chi connectivity index (χ1v) is 6.97. The first kappa shape index (κ1) is 16.1. The van der Waals surface area contributed by atoms with Crippen LogP contribution in [0.25, 0.3) is 0 Å². The van der Waals surface area contributed by atoms with Crippen LogP contribution in [0, 0.1) is 0 Å². The molecule has 0 aromatic carbocycles. The van der Waals surface area contributed by atoms with E-state index in [1.807, 2.05) is 20.8 Å². The largest absolute Gasteiger partial charge is 0.467 e. The Morgan fingerprint density at radius 2 is 2.23 bits per heavy atom. The third kappa shape index (κ3) is 4.11. The maximum Gasteiger partial charge on any atom is 0.321 e. The summed E-state index contributed by atoms with van der Waals surface area (Å²) >= 11 is 0. The Balaban J connectivity index is 1.98. The molecule has 2 aromatic heterocycles. The van der Waals surface area contributed by atoms with Crippen molar-refractivity contribution in [3.63, 3.8) is 0 Å². The highest BCUT2D eigenvalue weighted by atomic mass is 16.5. The van der Waals surface area contributed by atoms with Crippen molar-refractivity contribution in [2.45, 2.75) is 32.2 Å². The molecule has 0 radical (unpaired) electrons. The summed E-state index contributed by atoms with van der Waals surface area (Å²) in [5, 5.41) is 9.24. The van der Waals surface area contributed by atoms with Gasteiger partial charge in [0.15, 0.2) is 5.82 Å². The second kappa shape index (κ2) is 6.65. The van der Waals surface area contributed by atoms with E-state index < -0.39 is 6.03 Å². The van der Waals surface area contributed by atoms with Crippen molar-refractivity contribution in [3.8, 4) is 0 Å². The molecule has 2 amide bonds. The number of anilines is 1. The van der Waals surface area contributed by atoms with Crippen molar-refractivity contribution >= 4 is 11.8 Å². The highest BCUT2D eigenvalue weighted by molar-refractivity contribution is 5.88. The van der Waals surface area contributed by atoms with E-state index in [2.05, 4.69) is 15.8 Å². The molecule has 0 aliphatic carbocycles. The van der Waals surface area contributed by atoms with E-state index in [9.17, 15) is 4.79 Å². The van der Waals surface area contributed by atoms with Crippen LogP contribution in [-0.2, 0) is 10.2 Å². The van der Waals surface area contributed by atoms with Crippen LogP contribution in [0.3, 0.4) is 0 Å². The molecule has 0 bridgehead atoms. The molecule has 7 nitrogen and oxygen atoms in total. The number of urea groups is 1. The van der Waals surface area contributed by atoms with E-state index >= 15 is 0 Å². The summed E-state index contributed by atoms with van der Waals surface area (Å²) in [7, 11) is 1.56. The Morgan fingerprint density at radius 1 is 1.45 bits per heavy atom. The number of nitrogens with one attached hydrogen (secondary N) is 2. The van der Waals surface area contributed by atoms with E-state index in [1.54, 1.807) is 31.6 Å². The van der Waals surface area contributed by atoms with Crippen LogP contribution in [0.2, 0.25) is 0 Å². The van der Waals surface area contributed by atoms with Gasteiger partial charge in [0.25, 0.3) is 0 Å². The van der Waals surface area contributed by atoms with Gasteiger partial charge >= 0.3 is 6.03 Å².